The fourth-order valence-electron chi connectivity index (χ4n) is 4.62. The number of hydrogen-bond donors (Lipinski definition) is 0. The Bertz CT molecular complexity index is 1190. The second-order valence-electron chi connectivity index (χ2n) is 9.03. The zero-order chi connectivity index (χ0) is 25.1. The summed E-state index contributed by atoms with van der Waals surface area (Å²) in [4.78, 5) is 0. The van der Waals surface area contributed by atoms with Crippen molar-refractivity contribution in [1.29, 1.82) is 0 Å². The van der Waals surface area contributed by atoms with Crippen LogP contribution in [0.2, 0.25) is 0 Å². The van der Waals surface area contributed by atoms with Crippen LogP contribution in [0.4, 0.5) is 0 Å². The van der Waals surface area contributed by atoms with Crippen LogP contribution < -0.4 is 21.2 Å². The maximum absolute atomic E-state index is 2.62. The first-order valence-corrected chi connectivity index (χ1v) is 18.6. The van der Waals surface area contributed by atoms with Crippen molar-refractivity contribution in [1.82, 2.24) is 0 Å². The Hall–Kier alpha value is -2.13. The van der Waals surface area contributed by atoms with E-state index in [0.717, 1.165) is 0 Å². The number of benzene rings is 4. The van der Waals surface area contributed by atoms with Gasteiger partial charge in [0.2, 0.25) is 0 Å². The fourth-order valence-corrected chi connectivity index (χ4v) is 18.2. The van der Waals surface area contributed by atoms with Crippen molar-refractivity contribution in [2.24, 2.45) is 0 Å². The molecule has 0 radical (unpaired) electrons. The predicted octanol–water partition coefficient (Wildman–Crippen LogP) is 7.67. The Morgan fingerprint density at radius 2 is 1.00 bits per heavy atom. The molecule has 0 saturated carbocycles. The molecule has 0 saturated heterocycles. The van der Waals surface area contributed by atoms with Crippen molar-refractivity contribution >= 4 is 37.1 Å². The zero-order valence-electron chi connectivity index (χ0n) is 21.1. The van der Waals surface area contributed by atoms with E-state index in [1.54, 1.807) is 4.09 Å². The van der Waals surface area contributed by atoms with Crippen LogP contribution in [0.1, 0.15) is 25.7 Å². The van der Waals surface area contributed by atoms with Crippen LogP contribution >= 0.6 is 15.8 Å². The minimum absolute atomic E-state index is 0.308. The molecular formula is C34H34IrP2. The van der Waals surface area contributed by atoms with Crippen molar-refractivity contribution < 1.29 is 17.7 Å². The summed E-state index contributed by atoms with van der Waals surface area (Å²) in [6.07, 6.45) is 13.5. The number of hydrogen-bond acceptors (Lipinski definition) is 0. The average Bonchev–Trinajstić information content (AvgIpc) is 2.95. The Balaban J connectivity index is 1.58. The molecule has 0 amide bonds. The molecule has 0 nitrogen and oxygen atoms in total. The fraction of sp³-hybridized carbons (Fsp3) is 0.176. The minimum atomic E-state index is -0.455. The van der Waals surface area contributed by atoms with Gasteiger partial charge in [0, 0.05) is 0 Å². The van der Waals surface area contributed by atoms with Crippen molar-refractivity contribution in [2.75, 3.05) is 6.16 Å². The third kappa shape index (κ3) is 7.47. The Morgan fingerprint density at radius 1 is 0.541 bits per heavy atom. The van der Waals surface area contributed by atoms with Crippen LogP contribution in [0, 0.1) is 0 Å². The van der Waals surface area contributed by atoms with Gasteiger partial charge in [-0.15, -0.1) is 0 Å². The number of rotatable bonds is 9. The monoisotopic (exact) mass is 697 g/mol. The molecule has 0 aliphatic heterocycles. The predicted molar refractivity (Wildman–Crippen MR) is 162 cm³/mol. The van der Waals surface area contributed by atoms with E-state index in [9.17, 15) is 0 Å². The van der Waals surface area contributed by atoms with Crippen LogP contribution in [0.15, 0.2) is 144 Å². The summed E-state index contributed by atoms with van der Waals surface area (Å²) >= 11 is -0.308. The summed E-state index contributed by atoms with van der Waals surface area (Å²) in [6.45, 7) is 0. The van der Waals surface area contributed by atoms with Gasteiger partial charge in [-0.05, 0) is 0 Å². The third-order valence-corrected chi connectivity index (χ3v) is 18.3. The maximum atomic E-state index is 2.62. The molecule has 0 bridgehead atoms. The molecule has 1 aliphatic carbocycles. The summed E-state index contributed by atoms with van der Waals surface area (Å²) < 4.78 is 2.48. The Morgan fingerprint density at radius 3 is 1.51 bits per heavy atom. The third-order valence-electron chi connectivity index (χ3n) is 6.43. The van der Waals surface area contributed by atoms with Gasteiger partial charge in [-0.3, -0.25) is 0 Å². The molecule has 0 fully saturated rings. The van der Waals surface area contributed by atoms with E-state index in [-0.39, 0.29) is 17.7 Å². The van der Waals surface area contributed by atoms with Gasteiger partial charge < -0.3 is 0 Å². The molecule has 4 aromatic rings. The van der Waals surface area contributed by atoms with Gasteiger partial charge in [0.05, 0.1) is 0 Å². The second-order valence-corrected chi connectivity index (χ2v) is 18.7. The molecule has 1 atom stereocenters. The van der Waals surface area contributed by atoms with E-state index in [0.29, 0.717) is 4.17 Å². The molecule has 0 spiro atoms. The second kappa shape index (κ2) is 14.1. The Kier molecular flexibility index (Phi) is 10.1. The van der Waals surface area contributed by atoms with Gasteiger partial charge in [-0.25, -0.2) is 0 Å². The summed E-state index contributed by atoms with van der Waals surface area (Å²) in [7, 11) is -0.891. The zero-order valence-corrected chi connectivity index (χ0v) is 25.3. The summed E-state index contributed by atoms with van der Waals surface area (Å²) in [5, 5.41) is 6.07. The van der Waals surface area contributed by atoms with Gasteiger partial charge >= 0.3 is 234 Å². The first-order chi connectivity index (χ1) is 18.4. The van der Waals surface area contributed by atoms with Crippen molar-refractivity contribution in [2.45, 2.75) is 29.9 Å². The molecule has 0 N–H and O–H groups in total. The molecule has 5 rings (SSSR count). The van der Waals surface area contributed by atoms with E-state index < -0.39 is 15.8 Å². The molecule has 1 aliphatic rings. The van der Waals surface area contributed by atoms with Crippen molar-refractivity contribution in [3.8, 4) is 0 Å². The van der Waals surface area contributed by atoms with E-state index in [2.05, 4.69) is 140 Å². The van der Waals surface area contributed by atoms with Gasteiger partial charge in [-0.2, -0.15) is 0 Å². The topological polar surface area (TPSA) is 0 Å². The van der Waals surface area contributed by atoms with Gasteiger partial charge in [0.1, 0.15) is 0 Å². The first-order valence-electron chi connectivity index (χ1n) is 13.1. The van der Waals surface area contributed by atoms with Crippen molar-refractivity contribution in [3.63, 3.8) is 0 Å². The quantitative estimate of drug-likeness (QED) is 0.125. The van der Waals surface area contributed by atoms with Crippen LogP contribution in [0.25, 0.3) is 0 Å². The SMILES string of the molecule is C1=CCC[C]([Ir][CH](CP(c2ccccc2)c2ccccc2)P(c2ccccc2)c2ccccc2)=CCC1. The summed E-state index contributed by atoms with van der Waals surface area (Å²) in [6, 6.07) is 45.5. The molecule has 37 heavy (non-hydrogen) atoms. The van der Waals surface area contributed by atoms with E-state index in [4.69, 9.17) is 0 Å². The molecule has 0 heterocycles. The van der Waals surface area contributed by atoms with Crippen LogP contribution in [-0.2, 0) is 17.7 Å². The molecule has 3 heteroatoms. The van der Waals surface area contributed by atoms with Crippen LogP contribution in [0.3, 0.4) is 0 Å². The van der Waals surface area contributed by atoms with E-state index in [1.165, 1.54) is 53.1 Å². The van der Waals surface area contributed by atoms with Crippen LogP contribution in [-0.4, -0.2) is 10.3 Å². The normalized spacial score (nSPS) is 14.8. The summed E-state index contributed by atoms with van der Waals surface area (Å²) in [5.41, 5.74) is 0. The molecule has 0 aromatic heterocycles. The van der Waals surface area contributed by atoms with E-state index in [1.807, 2.05) is 0 Å². The van der Waals surface area contributed by atoms with Crippen molar-refractivity contribution in [3.05, 3.63) is 144 Å². The average molecular weight is 697 g/mol. The standard InChI is InChI=1S/C26H23P2.C8H11.Ir/c1-5-13-23(14-6-1)27(24-15-7-2-8-16-24)21-22-28(25-17-9-3-10-18-25)26-19-11-4-12-20-26;1-2-4-6-8-7-5-3-1;/h1-21H,22H2;1-2,7H,3-6H2;. The van der Waals surface area contributed by atoms with Gasteiger partial charge in [0.15, 0.2) is 0 Å². The van der Waals surface area contributed by atoms with Crippen LogP contribution in [0.5, 0.6) is 0 Å². The van der Waals surface area contributed by atoms with Gasteiger partial charge in [-0.1, -0.05) is 0 Å². The van der Waals surface area contributed by atoms with Gasteiger partial charge in [0.25, 0.3) is 0 Å². The first kappa shape index (κ1) is 26.5. The van der Waals surface area contributed by atoms with E-state index >= 15 is 0 Å². The molecule has 1 unspecified atom stereocenters. The number of allylic oxidation sites excluding steroid dienone is 4. The molecule has 189 valence electrons. The molecular weight excluding hydrogens is 663 g/mol. The molecule has 4 aromatic carbocycles. The summed E-state index contributed by atoms with van der Waals surface area (Å²) in [5.74, 6) is 0. The Labute approximate surface area is 233 Å².